The minimum Gasteiger partial charge on any atom is -0.497 e. The second-order valence-corrected chi connectivity index (χ2v) is 8.70. The Morgan fingerprint density at radius 1 is 0.909 bits per heavy atom. The maximum absolute atomic E-state index is 12.8. The molecule has 0 fully saturated rings. The van der Waals surface area contributed by atoms with Crippen LogP contribution >= 0.6 is 0 Å². The van der Waals surface area contributed by atoms with Gasteiger partial charge >= 0.3 is 0 Å². The van der Waals surface area contributed by atoms with E-state index in [1.54, 1.807) is 24.3 Å². The standard InChI is InChI=1S/C24H26N2O6S/c1-4-22(32-18-8-6-5-7-9-18)24(27)25-17-10-13-20(14-11-17)33(28,29)26-21-16-19(30-2)12-15-23(21)31-3/h5-16,22,26H,4H2,1-3H3,(H,25,27)/t22-/m0/s1. The number of hydrogen-bond acceptors (Lipinski definition) is 6. The van der Waals surface area contributed by atoms with Gasteiger partial charge in [-0.1, -0.05) is 25.1 Å². The summed E-state index contributed by atoms with van der Waals surface area (Å²) in [6.07, 6.45) is -0.211. The van der Waals surface area contributed by atoms with E-state index in [0.717, 1.165) is 0 Å². The van der Waals surface area contributed by atoms with Crippen molar-refractivity contribution in [1.29, 1.82) is 0 Å². The Hall–Kier alpha value is -3.72. The van der Waals surface area contributed by atoms with E-state index >= 15 is 0 Å². The highest BCUT2D eigenvalue weighted by molar-refractivity contribution is 7.92. The first-order chi connectivity index (χ1) is 15.9. The Labute approximate surface area is 193 Å². The topological polar surface area (TPSA) is 103 Å². The smallest absolute Gasteiger partial charge is 0.265 e. The second-order valence-electron chi connectivity index (χ2n) is 7.01. The molecule has 0 saturated carbocycles. The summed E-state index contributed by atoms with van der Waals surface area (Å²) in [5.74, 6) is 1.11. The predicted octanol–water partition coefficient (Wildman–Crippen LogP) is 4.30. The Kier molecular flexibility index (Phi) is 7.78. The third kappa shape index (κ3) is 6.17. The molecular formula is C24H26N2O6S. The molecule has 0 aromatic heterocycles. The number of carbonyl (C=O) groups is 1. The molecule has 3 rings (SSSR count). The number of rotatable bonds is 10. The molecule has 174 valence electrons. The molecule has 0 heterocycles. The number of anilines is 2. The number of sulfonamides is 1. The van der Waals surface area contributed by atoms with Crippen LogP contribution < -0.4 is 24.2 Å². The van der Waals surface area contributed by atoms with Gasteiger partial charge in [-0.2, -0.15) is 0 Å². The molecule has 0 bridgehead atoms. The van der Waals surface area contributed by atoms with E-state index in [2.05, 4.69) is 10.0 Å². The number of carbonyl (C=O) groups excluding carboxylic acids is 1. The Morgan fingerprint density at radius 3 is 2.21 bits per heavy atom. The maximum atomic E-state index is 12.8. The molecular weight excluding hydrogens is 444 g/mol. The average molecular weight is 471 g/mol. The molecule has 0 aliphatic carbocycles. The van der Waals surface area contributed by atoms with E-state index in [0.29, 0.717) is 29.4 Å². The lowest BCUT2D eigenvalue weighted by atomic mass is 10.2. The van der Waals surface area contributed by atoms with Gasteiger partial charge in [0.05, 0.1) is 24.8 Å². The molecule has 0 aliphatic heterocycles. The van der Waals surface area contributed by atoms with E-state index in [1.807, 2.05) is 25.1 Å². The van der Waals surface area contributed by atoms with Crippen LogP contribution in [0, 0.1) is 0 Å². The van der Waals surface area contributed by atoms with E-state index in [9.17, 15) is 13.2 Å². The fraction of sp³-hybridized carbons (Fsp3) is 0.208. The monoisotopic (exact) mass is 470 g/mol. The van der Waals surface area contributed by atoms with Gasteiger partial charge in [0.1, 0.15) is 17.2 Å². The first-order valence-corrected chi connectivity index (χ1v) is 11.7. The summed E-state index contributed by atoms with van der Waals surface area (Å²) < 4.78 is 44.3. The van der Waals surface area contributed by atoms with Gasteiger partial charge in [-0.05, 0) is 55.0 Å². The maximum Gasteiger partial charge on any atom is 0.265 e. The quantitative estimate of drug-likeness (QED) is 0.458. The van der Waals surface area contributed by atoms with Crippen molar-refractivity contribution < 1.29 is 27.4 Å². The van der Waals surface area contributed by atoms with Crippen LogP contribution in [0.15, 0.2) is 77.7 Å². The summed E-state index contributed by atoms with van der Waals surface area (Å²) in [4.78, 5) is 12.6. The van der Waals surface area contributed by atoms with Gasteiger partial charge in [0, 0.05) is 11.8 Å². The Balaban J connectivity index is 1.70. The minimum absolute atomic E-state index is 0.0259. The summed E-state index contributed by atoms with van der Waals surface area (Å²) in [5, 5.41) is 2.76. The van der Waals surface area contributed by atoms with Crippen LogP contribution in [0.2, 0.25) is 0 Å². The normalized spacial score (nSPS) is 11.8. The summed E-state index contributed by atoms with van der Waals surface area (Å²) in [6, 6.07) is 19.7. The zero-order valence-electron chi connectivity index (χ0n) is 18.6. The van der Waals surface area contributed by atoms with Crippen molar-refractivity contribution in [2.75, 3.05) is 24.3 Å². The van der Waals surface area contributed by atoms with Gasteiger partial charge in [-0.25, -0.2) is 8.42 Å². The van der Waals surface area contributed by atoms with Crippen LogP contribution in [0.25, 0.3) is 0 Å². The third-order valence-corrected chi connectivity index (χ3v) is 6.15. The fourth-order valence-electron chi connectivity index (χ4n) is 3.02. The lowest BCUT2D eigenvalue weighted by molar-refractivity contribution is -0.122. The number of nitrogens with one attached hydrogen (secondary N) is 2. The molecule has 1 atom stereocenters. The lowest BCUT2D eigenvalue weighted by Gasteiger charge is -2.17. The highest BCUT2D eigenvalue weighted by Gasteiger charge is 2.20. The zero-order chi connectivity index (χ0) is 23.8. The van der Waals surface area contributed by atoms with E-state index in [-0.39, 0.29) is 16.5 Å². The molecule has 0 saturated heterocycles. The first-order valence-electron chi connectivity index (χ1n) is 10.2. The number of hydrogen-bond donors (Lipinski definition) is 2. The molecule has 2 N–H and O–H groups in total. The van der Waals surface area contributed by atoms with E-state index < -0.39 is 16.1 Å². The van der Waals surface area contributed by atoms with Gasteiger partial charge in [0.25, 0.3) is 15.9 Å². The van der Waals surface area contributed by atoms with Gasteiger partial charge in [0.2, 0.25) is 0 Å². The predicted molar refractivity (Wildman–Crippen MR) is 127 cm³/mol. The summed E-state index contributed by atoms with van der Waals surface area (Å²) in [7, 11) is -0.967. The van der Waals surface area contributed by atoms with Crippen LogP contribution in [0.5, 0.6) is 17.2 Å². The Morgan fingerprint density at radius 2 is 1.61 bits per heavy atom. The van der Waals surface area contributed by atoms with E-state index in [1.165, 1.54) is 44.6 Å². The molecule has 9 heteroatoms. The van der Waals surface area contributed by atoms with Crippen molar-refractivity contribution in [3.8, 4) is 17.2 Å². The van der Waals surface area contributed by atoms with Crippen LogP contribution in [0.1, 0.15) is 13.3 Å². The van der Waals surface area contributed by atoms with E-state index in [4.69, 9.17) is 14.2 Å². The fourth-order valence-corrected chi connectivity index (χ4v) is 4.08. The molecule has 0 radical (unpaired) electrons. The van der Waals surface area contributed by atoms with Crippen LogP contribution in [-0.4, -0.2) is 34.6 Å². The number of ether oxygens (including phenoxy) is 3. The van der Waals surface area contributed by atoms with Crippen LogP contribution in [-0.2, 0) is 14.8 Å². The Bertz CT molecular complexity index is 1180. The van der Waals surface area contributed by atoms with Crippen LogP contribution in [0.3, 0.4) is 0 Å². The molecule has 3 aromatic carbocycles. The van der Waals surface area contributed by atoms with Gasteiger partial charge in [-0.3, -0.25) is 9.52 Å². The highest BCUT2D eigenvalue weighted by atomic mass is 32.2. The molecule has 0 unspecified atom stereocenters. The largest absolute Gasteiger partial charge is 0.497 e. The van der Waals surface area contributed by atoms with Crippen molar-refractivity contribution >= 4 is 27.3 Å². The van der Waals surface area contributed by atoms with Crippen molar-refractivity contribution in [2.24, 2.45) is 0 Å². The molecule has 3 aromatic rings. The van der Waals surface area contributed by atoms with Crippen LogP contribution in [0.4, 0.5) is 11.4 Å². The minimum atomic E-state index is -3.90. The number of benzene rings is 3. The summed E-state index contributed by atoms with van der Waals surface area (Å²) in [5.41, 5.74) is 0.700. The molecule has 0 aliphatic rings. The lowest BCUT2D eigenvalue weighted by Crippen LogP contribution is -2.32. The average Bonchev–Trinajstić information content (AvgIpc) is 2.83. The number of para-hydroxylation sites is 1. The van der Waals surface area contributed by atoms with Gasteiger partial charge < -0.3 is 19.5 Å². The van der Waals surface area contributed by atoms with Crippen molar-refractivity contribution in [2.45, 2.75) is 24.3 Å². The highest BCUT2D eigenvalue weighted by Crippen LogP contribution is 2.31. The van der Waals surface area contributed by atoms with Gasteiger partial charge in [-0.15, -0.1) is 0 Å². The van der Waals surface area contributed by atoms with Crippen molar-refractivity contribution in [3.63, 3.8) is 0 Å². The molecule has 33 heavy (non-hydrogen) atoms. The number of amides is 1. The first kappa shape index (κ1) is 23.9. The van der Waals surface area contributed by atoms with Gasteiger partial charge in [0.15, 0.2) is 6.10 Å². The molecule has 8 nitrogen and oxygen atoms in total. The second kappa shape index (κ2) is 10.7. The third-order valence-electron chi connectivity index (χ3n) is 4.77. The summed E-state index contributed by atoms with van der Waals surface area (Å²) in [6.45, 7) is 1.85. The molecule has 0 spiro atoms. The van der Waals surface area contributed by atoms with Crippen molar-refractivity contribution in [1.82, 2.24) is 0 Å². The summed E-state index contributed by atoms with van der Waals surface area (Å²) >= 11 is 0. The SMILES string of the molecule is CC[C@H](Oc1ccccc1)C(=O)Nc1ccc(S(=O)(=O)Nc2cc(OC)ccc2OC)cc1. The van der Waals surface area contributed by atoms with Crippen molar-refractivity contribution in [3.05, 3.63) is 72.8 Å². The number of methoxy groups -OCH3 is 2. The zero-order valence-corrected chi connectivity index (χ0v) is 19.4. The molecule has 1 amide bonds.